The van der Waals surface area contributed by atoms with E-state index in [2.05, 4.69) is 30.5 Å². The molecule has 1 aromatic heterocycles. The smallest absolute Gasteiger partial charge is 0.0534 e. The van der Waals surface area contributed by atoms with Crippen LogP contribution in [-0.4, -0.2) is 27.5 Å². The second-order valence-electron chi connectivity index (χ2n) is 4.78. The molecule has 4 nitrogen and oxygen atoms in total. The summed E-state index contributed by atoms with van der Waals surface area (Å²) in [5, 5.41) is 16.7. The SMILES string of the molecule is CC(C)Cn1cc(CNCCC(C)O)cn1. The summed E-state index contributed by atoms with van der Waals surface area (Å²) >= 11 is 0. The Labute approximate surface area is 97.7 Å². The summed E-state index contributed by atoms with van der Waals surface area (Å²) in [7, 11) is 0. The topological polar surface area (TPSA) is 50.1 Å². The number of aromatic nitrogens is 2. The van der Waals surface area contributed by atoms with Crippen molar-refractivity contribution in [1.82, 2.24) is 15.1 Å². The summed E-state index contributed by atoms with van der Waals surface area (Å²) in [5.41, 5.74) is 1.20. The third-order valence-corrected chi connectivity index (χ3v) is 2.31. The second kappa shape index (κ2) is 6.66. The van der Waals surface area contributed by atoms with E-state index in [1.165, 1.54) is 5.56 Å². The molecule has 2 N–H and O–H groups in total. The molecule has 1 unspecified atom stereocenters. The molecule has 92 valence electrons. The van der Waals surface area contributed by atoms with Gasteiger partial charge in [-0.25, -0.2) is 0 Å². The Morgan fingerprint density at radius 3 is 2.81 bits per heavy atom. The van der Waals surface area contributed by atoms with E-state index in [4.69, 9.17) is 5.11 Å². The Bertz CT molecular complexity index is 294. The lowest BCUT2D eigenvalue weighted by atomic mass is 10.2. The highest BCUT2D eigenvalue weighted by molar-refractivity contribution is 5.03. The third kappa shape index (κ3) is 5.28. The van der Waals surface area contributed by atoms with Gasteiger partial charge in [0.05, 0.1) is 12.3 Å². The molecule has 1 atom stereocenters. The minimum absolute atomic E-state index is 0.226. The van der Waals surface area contributed by atoms with E-state index in [1.54, 1.807) is 0 Å². The number of aliphatic hydroxyl groups excluding tert-OH is 1. The Morgan fingerprint density at radius 2 is 2.19 bits per heavy atom. The van der Waals surface area contributed by atoms with Gasteiger partial charge >= 0.3 is 0 Å². The molecule has 1 rings (SSSR count). The molecule has 0 fully saturated rings. The molecule has 16 heavy (non-hydrogen) atoms. The Kier molecular flexibility index (Phi) is 5.49. The second-order valence-corrected chi connectivity index (χ2v) is 4.78. The van der Waals surface area contributed by atoms with Crippen LogP contribution < -0.4 is 5.32 Å². The van der Waals surface area contributed by atoms with Crippen molar-refractivity contribution in [2.24, 2.45) is 5.92 Å². The zero-order valence-corrected chi connectivity index (χ0v) is 10.5. The highest BCUT2D eigenvalue weighted by Crippen LogP contribution is 2.01. The van der Waals surface area contributed by atoms with Crippen LogP contribution in [0.25, 0.3) is 0 Å². The molecule has 0 aliphatic heterocycles. The van der Waals surface area contributed by atoms with Gasteiger partial charge in [0.1, 0.15) is 0 Å². The van der Waals surface area contributed by atoms with E-state index in [1.807, 2.05) is 17.8 Å². The van der Waals surface area contributed by atoms with Gasteiger partial charge in [-0.2, -0.15) is 5.10 Å². The van der Waals surface area contributed by atoms with Gasteiger partial charge in [-0.3, -0.25) is 4.68 Å². The number of aliphatic hydroxyl groups is 1. The maximum Gasteiger partial charge on any atom is 0.0534 e. The van der Waals surface area contributed by atoms with Crippen LogP contribution in [0, 0.1) is 5.92 Å². The van der Waals surface area contributed by atoms with Crippen molar-refractivity contribution in [3.8, 4) is 0 Å². The van der Waals surface area contributed by atoms with Crippen LogP contribution in [0.3, 0.4) is 0 Å². The molecular weight excluding hydrogens is 202 g/mol. The molecule has 0 aliphatic rings. The normalized spacial score (nSPS) is 13.3. The summed E-state index contributed by atoms with van der Waals surface area (Å²) in [6, 6.07) is 0. The standard InChI is InChI=1S/C12H23N3O/c1-10(2)8-15-9-12(7-14-15)6-13-5-4-11(3)16/h7,9-11,13,16H,4-6,8H2,1-3H3. The first kappa shape index (κ1) is 13.2. The Hall–Kier alpha value is -0.870. The molecule has 0 spiro atoms. The summed E-state index contributed by atoms with van der Waals surface area (Å²) in [5.74, 6) is 0.621. The molecule has 1 heterocycles. The van der Waals surface area contributed by atoms with Gasteiger partial charge in [-0.1, -0.05) is 13.8 Å². The fourth-order valence-corrected chi connectivity index (χ4v) is 1.52. The van der Waals surface area contributed by atoms with Crippen LogP contribution in [0.5, 0.6) is 0 Å². The van der Waals surface area contributed by atoms with Crippen molar-refractivity contribution in [2.45, 2.75) is 46.4 Å². The predicted octanol–water partition coefficient (Wildman–Crippen LogP) is 1.40. The van der Waals surface area contributed by atoms with Crippen molar-refractivity contribution < 1.29 is 5.11 Å². The van der Waals surface area contributed by atoms with E-state index < -0.39 is 0 Å². The minimum atomic E-state index is -0.226. The van der Waals surface area contributed by atoms with E-state index in [0.29, 0.717) is 5.92 Å². The molecule has 0 saturated heterocycles. The fraction of sp³-hybridized carbons (Fsp3) is 0.750. The molecule has 0 radical (unpaired) electrons. The average molecular weight is 225 g/mol. The van der Waals surface area contributed by atoms with Crippen LogP contribution in [0.4, 0.5) is 0 Å². The predicted molar refractivity (Wildman–Crippen MR) is 65.1 cm³/mol. The summed E-state index contributed by atoms with van der Waals surface area (Å²) in [4.78, 5) is 0. The molecule has 0 aliphatic carbocycles. The highest BCUT2D eigenvalue weighted by Gasteiger charge is 2.01. The van der Waals surface area contributed by atoms with Gasteiger partial charge in [0, 0.05) is 24.8 Å². The molecule has 4 heteroatoms. The van der Waals surface area contributed by atoms with Crippen molar-refractivity contribution in [3.63, 3.8) is 0 Å². The van der Waals surface area contributed by atoms with E-state index in [0.717, 1.165) is 26.1 Å². The summed E-state index contributed by atoms with van der Waals surface area (Å²) in [6.07, 6.45) is 4.55. The number of rotatable bonds is 7. The van der Waals surface area contributed by atoms with Gasteiger partial charge in [-0.15, -0.1) is 0 Å². The van der Waals surface area contributed by atoms with Crippen molar-refractivity contribution >= 4 is 0 Å². The van der Waals surface area contributed by atoms with Crippen molar-refractivity contribution in [2.75, 3.05) is 6.54 Å². The molecular formula is C12H23N3O. The lowest BCUT2D eigenvalue weighted by Gasteiger charge is -2.05. The molecule has 0 amide bonds. The highest BCUT2D eigenvalue weighted by atomic mass is 16.3. The molecule has 0 aromatic carbocycles. The van der Waals surface area contributed by atoms with Crippen molar-refractivity contribution in [1.29, 1.82) is 0 Å². The zero-order chi connectivity index (χ0) is 12.0. The number of hydrogen-bond donors (Lipinski definition) is 2. The van der Waals surface area contributed by atoms with Gasteiger partial charge in [0.15, 0.2) is 0 Å². The molecule has 1 aromatic rings. The number of nitrogens with one attached hydrogen (secondary N) is 1. The first-order chi connectivity index (χ1) is 7.58. The van der Waals surface area contributed by atoms with Gasteiger partial charge in [-0.05, 0) is 25.8 Å². The fourth-order valence-electron chi connectivity index (χ4n) is 1.52. The summed E-state index contributed by atoms with van der Waals surface area (Å²) in [6.45, 7) is 8.80. The minimum Gasteiger partial charge on any atom is -0.393 e. The van der Waals surface area contributed by atoms with Crippen LogP contribution in [-0.2, 0) is 13.1 Å². The molecule has 0 saturated carbocycles. The van der Waals surface area contributed by atoms with Gasteiger partial charge < -0.3 is 10.4 Å². The van der Waals surface area contributed by atoms with E-state index in [-0.39, 0.29) is 6.10 Å². The maximum absolute atomic E-state index is 9.10. The monoisotopic (exact) mass is 225 g/mol. The lowest BCUT2D eigenvalue weighted by molar-refractivity contribution is 0.183. The van der Waals surface area contributed by atoms with Crippen LogP contribution in [0.1, 0.15) is 32.8 Å². The lowest BCUT2D eigenvalue weighted by Crippen LogP contribution is -2.18. The van der Waals surface area contributed by atoms with Gasteiger partial charge in [0.25, 0.3) is 0 Å². The molecule has 0 bridgehead atoms. The van der Waals surface area contributed by atoms with Crippen LogP contribution in [0.15, 0.2) is 12.4 Å². The number of hydrogen-bond acceptors (Lipinski definition) is 3. The third-order valence-electron chi connectivity index (χ3n) is 2.31. The van der Waals surface area contributed by atoms with Crippen molar-refractivity contribution in [3.05, 3.63) is 18.0 Å². The van der Waals surface area contributed by atoms with E-state index >= 15 is 0 Å². The first-order valence-corrected chi connectivity index (χ1v) is 5.98. The zero-order valence-electron chi connectivity index (χ0n) is 10.5. The van der Waals surface area contributed by atoms with Crippen LogP contribution in [0.2, 0.25) is 0 Å². The Morgan fingerprint density at radius 1 is 1.44 bits per heavy atom. The average Bonchev–Trinajstić information content (AvgIpc) is 2.59. The maximum atomic E-state index is 9.10. The van der Waals surface area contributed by atoms with Gasteiger partial charge in [0.2, 0.25) is 0 Å². The largest absolute Gasteiger partial charge is 0.393 e. The van der Waals surface area contributed by atoms with Crippen LogP contribution >= 0.6 is 0 Å². The first-order valence-electron chi connectivity index (χ1n) is 5.98. The van der Waals surface area contributed by atoms with E-state index in [9.17, 15) is 0 Å². The quantitative estimate of drug-likeness (QED) is 0.690. The summed E-state index contributed by atoms with van der Waals surface area (Å²) < 4.78 is 1.98. The number of nitrogens with zero attached hydrogens (tertiary/aromatic N) is 2. The Balaban J connectivity index is 2.24.